The SMILES string of the molecule is C[C@H](NC(=O)OCC1c2ccccc2-c2ccccc21)C(=O)N[C@@H](CCCCN)C(=O)O. The number of rotatable bonds is 10. The van der Waals surface area contributed by atoms with Crippen LogP contribution in [0.15, 0.2) is 48.5 Å². The lowest BCUT2D eigenvalue weighted by molar-refractivity contribution is -0.142. The van der Waals surface area contributed by atoms with Crippen molar-refractivity contribution in [2.24, 2.45) is 5.73 Å². The van der Waals surface area contributed by atoms with E-state index in [0.29, 0.717) is 19.4 Å². The number of alkyl carbamates (subject to hydrolysis) is 1. The number of hydrogen-bond donors (Lipinski definition) is 4. The first-order valence-corrected chi connectivity index (χ1v) is 10.8. The van der Waals surface area contributed by atoms with Crippen LogP contribution < -0.4 is 16.4 Å². The van der Waals surface area contributed by atoms with Gasteiger partial charge in [-0.25, -0.2) is 9.59 Å². The first kappa shape index (κ1) is 23.3. The van der Waals surface area contributed by atoms with E-state index in [9.17, 15) is 19.5 Å². The van der Waals surface area contributed by atoms with Crippen LogP contribution in [-0.4, -0.2) is 48.3 Å². The molecule has 0 aromatic heterocycles. The average molecular weight is 440 g/mol. The third-order valence-electron chi connectivity index (χ3n) is 5.63. The van der Waals surface area contributed by atoms with Crippen molar-refractivity contribution < 1.29 is 24.2 Å². The normalized spacial score (nSPS) is 14.1. The Bertz CT molecular complexity index is 932. The second-order valence-electron chi connectivity index (χ2n) is 7.88. The minimum Gasteiger partial charge on any atom is -0.480 e. The predicted molar refractivity (Wildman–Crippen MR) is 120 cm³/mol. The van der Waals surface area contributed by atoms with Crippen molar-refractivity contribution in [2.45, 2.75) is 44.2 Å². The number of unbranched alkanes of at least 4 members (excludes halogenated alkanes) is 1. The van der Waals surface area contributed by atoms with Gasteiger partial charge in [-0.3, -0.25) is 4.79 Å². The van der Waals surface area contributed by atoms with E-state index in [-0.39, 0.29) is 18.9 Å². The third-order valence-corrected chi connectivity index (χ3v) is 5.63. The van der Waals surface area contributed by atoms with Gasteiger partial charge in [0.05, 0.1) is 0 Å². The number of carbonyl (C=O) groups is 3. The largest absolute Gasteiger partial charge is 0.480 e. The van der Waals surface area contributed by atoms with Crippen molar-refractivity contribution in [3.8, 4) is 11.1 Å². The maximum absolute atomic E-state index is 12.3. The molecule has 1 aliphatic carbocycles. The van der Waals surface area contributed by atoms with Gasteiger partial charge in [0.2, 0.25) is 5.91 Å². The van der Waals surface area contributed by atoms with Crippen molar-refractivity contribution in [1.29, 1.82) is 0 Å². The van der Waals surface area contributed by atoms with Gasteiger partial charge >= 0.3 is 12.1 Å². The summed E-state index contributed by atoms with van der Waals surface area (Å²) >= 11 is 0. The highest BCUT2D eigenvalue weighted by Gasteiger charge is 2.29. The number of carboxylic acid groups (broad SMARTS) is 1. The summed E-state index contributed by atoms with van der Waals surface area (Å²) in [5, 5.41) is 14.2. The van der Waals surface area contributed by atoms with E-state index in [1.54, 1.807) is 0 Å². The van der Waals surface area contributed by atoms with E-state index in [4.69, 9.17) is 10.5 Å². The zero-order valence-corrected chi connectivity index (χ0v) is 18.0. The molecule has 0 fully saturated rings. The lowest BCUT2D eigenvalue weighted by Gasteiger charge is -2.19. The molecule has 3 rings (SSSR count). The molecule has 2 aromatic rings. The Balaban J connectivity index is 1.54. The molecule has 0 bridgehead atoms. The molecule has 2 atom stereocenters. The van der Waals surface area contributed by atoms with E-state index in [1.165, 1.54) is 6.92 Å². The summed E-state index contributed by atoms with van der Waals surface area (Å²) in [5.41, 5.74) is 9.86. The number of carbonyl (C=O) groups excluding carboxylic acids is 2. The van der Waals surface area contributed by atoms with Gasteiger partial charge in [0.15, 0.2) is 0 Å². The number of hydrogen-bond acceptors (Lipinski definition) is 5. The summed E-state index contributed by atoms with van der Waals surface area (Å²) in [4.78, 5) is 36.0. The van der Waals surface area contributed by atoms with Gasteiger partial charge in [0.1, 0.15) is 18.7 Å². The van der Waals surface area contributed by atoms with Gasteiger partial charge in [-0.2, -0.15) is 0 Å². The maximum Gasteiger partial charge on any atom is 0.407 e. The lowest BCUT2D eigenvalue weighted by Crippen LogP contribution is -2.50. The molecule has 2 amide bonds. The second kappa shape index (κ2) is 10.8. The van der Waals surface area contributed by atoms with E-state index in [2.05, 4.69) is 10.6 Å². The molecule has 0 aliphatic heterocycles. The van der Waals surface area contributed by atoms with Gasteiger partial charge in [0, 0.05) is 5.92 Å². The van der Waals surface area contributed by atoms with Crippen molar-refractivity contribution in [2.75, 3.05) is 13.2 Å². The second-order valence-corrected chi connectivity index (χ2v) is 7.88. The van der Waals surface area contributed by atoms with Gasteiger partial charge in [0.25, 0.3) is 0 Å². The number of fused-ring (bicyclic) bond motifs is 3. The molecule has 0 heterocycles. The Morgan fingerprint density at radius 1 is 1.00 bits per heavy atom. The van der Waals surface area contributed by atoms with E-state index in [0.717, 1.165) is 22.3 Å². The average Bonchev–Trinajstić information content (AvgIpc) is 3.10. The Labute approximate surface area is 187 Å². The first-order chi connectivity index (χ1) is 15.4. The predicted octanol–water partition coefficient (Wildman–Crippen LogP) is 2.61. The van der Waals surface area contributed by atoms with Gasteiger partial charge in [-0.05, 0) is 55.0 Å². The molecule has 1 aliphatic rings. The summed E-state index contributed by atoms with van der Waals surface area (Å²) in [7, 11) is 0. The van der Waals surface area contributed by atoms with Crippen LogP contribution in [0.3, 0.4) is 0 Å². The summed E-state index contributed by atoms with van der Waals surface area (Å²) in [6.07, 6.45) is 0.801. The minimum absolute atomic E-state index is 0.0868. The lowest BCUT2D eigenvalue weighted by atomic mass is 9.98. The van der Waals surface area contributed by atoms with Crippen molar-refractivity contribution in [3.05, 3.63) is 59.7 Å². The van der Waals surface area contributed by atoms with Crippen LogP contribution in [0.4, 0.5) is 4.79 Å². The molecule has 0 spiro atoms. The molecular weight excluding hydrogens is 410 g/mol. The fourth-order valence-corrected chi connectivity index (χ4v) is 3.93. The maximum atomic E-state index is 12.3. The van der Waals surface area contributed by atoms with E-state index < -0.39 is 30.1 Å². The Morgan fingerprint density at radius 3 is 2.16 bits per heavy atom. The Kier molecular flexibility index (Phi) is 7.83. The molecule has 0 unspecified atom stereocenters. The summed E-state index contributed by atoms with van der Waals surface area (Å²) in [6, 6.07) is 14.0. The van der Waals surface area contributed by atoms with Crippen molar-refractivity contribution in [3.63, 3.8) is 0 Å². The molecule has 0 radical (unpaired) electrons. The van der Waals surface area contributed by atoms with Crippen LogP contribution in [0.5, 0.6) is 0 Å². The number of ether oxygens (including phenoxy) is 1. The summed E-state index contributed by atoms with van der Waals surface area (Å²) in [5.74, 6) is -1.79. The van der Waals surface area contributed by atoms with Crippen LogP contribution in [0.2, 0.25) is 0 Å². The first-order valence-electron chi connectivity index (χ1n) is 10.8. The van der Waals surface area contributed by atoms with Crippen LogP contribution in [0, 0.1) is 0 Å². The quantitative estimate of drug-likeness (QED) is 0.421. The van der Waals surface area contributed by atoms with Crippen LogP contribution in [0.25, 0.3) is 11.1 Å². The number of nitrogens with two attached hydrogens (primary N) is 1. The molecule has 0 saturated heterocycles. The molecule has 0 saturated carbocycles. The minimum atomic E-state index is -1.12. The van der Waals surface area contributed by atoms with Crippen LogP contribution in [-0.2, 0) is 14.3 Å². The molecule has 8 heteroatoms. The molecular formula is C24H29N3O5. The highest BCUT2D eigenvalue weighted by Crippen LogP contribution is 2.44. The van der Waals surface area contributed by atoms with Crippen molar-refractivity contribution >= 4 is 18.0 Å². The number of carboxylic acids is 1. The molecule has 170 valence electrons. The smallest absolute Gasteiger partial charge is 0.407 e. The molecule has 32 heavy (non-hydrogen) atoms. The summed E-state index contributed by atoms with van der Waals surface area (Å²) < 4.78 is 5.43. The third kappa shape index (κ3) is 5.45. The van der Waals surface area contributed by atoms with E-state index in [1.807, 2.05) is 48.5 Å². The highest BCUT2D eigenvalue weighted by atomic mass is 16.5. The molecule has 2 aromatic carbocycles. The Morgan fingerprint density at radius 2 is 1.59 bits per heavy atom. The van der Waals surface area contributed by atoms with Gasteiger partial charge < -0.3 is 26.2 Å². The Hall–Kier alpha value is -3.39. The van der Waals surface area contributed by atoms with Crippen LogP contribution >= 0.6 is 0 Å². The topological polar surface area (TPSA) is 131 Å². The number of nitrogens with one attached hydrogen (secondary N) is 2. The van der Waals surface area contributed by atoms with Crippen molar-refractivity contribution in [1.82, 2.24) is 10.6 Å². The van der Waals surface area contributed by atoms with Gasteiger partial charge in [-0.15, -0.1) is 0 Å². The summed E-state index contributed by atoms with van der Waals surface area (Å²) in [6.45, 7) is 2.07. The van der Waals surface area contributed by atoms with Crippen LogP contribution in [0.1, 0.15) is 43.2 Å². The van der Waals surface area contributed by atoms with E-state index >= 15 is 0 Å². The number of aliphatic carboxylic acids is 1. The molecule has 5 N–H and O–H groups in total. The fourth-order valence-electron chi connectivity index (χ4n) is 3.93. The monoisotopic (exact) mass is 439 g/mol. The molecule has 8 nitrogen and oxygen atoms in total. The zero-order chi connectivity index (χ0) is 23.1. The zero-order valence-electron chi connectivity index (χ0n) is 18.0. The highest BCUT2D eigenvalue weighted by molar-refractivity contribution is 5.89. The number of benzene rings is 2. The standard InChI is InChI=1S/C24H29N3O5/c1-15(22(28)27-21(23(29)30)12-6-7-13-25)26-24(31)32-14-20-18-10-4-2-8-16(18)17-9-3-5-11-19(17)20/h2-5,8-11,15,20-21H,6-7,12-14,25H2,1H3,(H,26,31)(H,27,28)(H,29,30)/t15-,21-/m0/s1. The van der Waals surface area contributed by atoms with Gasteiger partial charge in [-0.1, -0.05) is 48.5 Å². The number of amides is 2. The fraction of sp³-hybridized carbons (Fsp3) is 0.375.